The number of sulfonamides is 1. The Morgan fingerprint density at radius 2 is 1.71 bits per heavy atom. The van der Waals surface area contributed by atoms with Gasteiger partial charge in [0.1, 0.15) is 11.8 Å². The van der Waals surface area contributed by atoms with Gasteiger partial charge in [-0.25, -0.2) is 8.42 Å². The summed E-state index contributed by atoms with van der Waals surface area (Å²) in [5.74, 6) is -0.226. The molecule has 0 saturated carbocycles. The van der Waals surface area contributed by atoms with Gasteiger partial charge < -0.3 is 15.0 Å². The van der Waals surface area contributed by atoms with E-state index >= 15 is 0 Å². The lowest BCUT2D eigenvalue weighted by Gasteiger charge is -2.30. The van der Waals surface area contributed by atoms with E-state index in [2.05, 4.69) is 5.32 Å². The molecule has 9 heteroatoms. The summed E-state index contributed by atoms with van der Waals surface area (Å²) in [7, 11) is 0.462. The molecule has 0 aliphatic rings. The maximum Gasteiger partial charge on any atom is 0.243 e. The fourth-order valence-electron chi connectivity index (χ4n) is 3.63. The van der Waals surface area contributed by atoms with E-state index in [0.29, 0.717) is 5.75 Å². The van der Waals surface area contributed by atoms with Gasteiger partial charge in [-0.15, -0.1) is 0 Å². The first-order valence-electron chi connectivity index (χ1n) is 10.8. The molecule has 0 aliphatic carbocycles. The summed E-state index contributed by atoms with van der Waals surface area (Å²) in [6, 6.07) is 18.7. The predicted molar refractivity (Wildman–Crippen MR) is 131 cm³/mol. The van der Waals surface area contributed by atoms with E-state index in [1.807, 2.05) is 30.3 Å². The summed E-state index contributed by atoms with van der Waals surface area (Å²) >= 11 is 0. The van der Waals surface area contributed by atoms with Gasteiger partial charge in [-0.05, 0) is 47.5 Å². The largest absolute Gasteiger partial charge is 0.497 e. The SMILES string of the molecule is CNC(=O)C(C)N(Cc1cccc(OC)c1)C(=O)CN(C)S(=O)(=O)c1ccc2ccccc2c1. The van der Waals surface area contributed by atoms with Crippen LogP contribution in [0, 0.1) is 0 Å². The van der Waals surface area contributed by atoms with Crippen LogP contribution in [0.4, 0.5) is 0 Å². The van der Waals surface area contributed by atoms with E-state index in [-0.39, 0.29) is 17.3 Å². The van der Waals surface area contributed by atoms with Crippen molar-refractivity contribution >= 4 is 32.6 Å². The Morgan fingerprint density at radius 3 is 2.38 bits per heavy atom. The number of carbonyl (C=O) groups excluding carboxylic acids is 2. The van der Waals surface area contributed by atoms with Crippen LogP contribution in [-0.4, -0.2) is 63.2 Å². The molecular formula is C25H29N3O5S. The van der Waals surface area contributed by atoms with Crippen LogP contribution < -0.4 is 10.1 Å². The Morgan fingerprint density at radius 1 is 1.00 bits per heavy atom. The van der Waals surface area contributed by atoms with Crippen LogP contribution >= 0.6 is 0 Å². The van der Waals surface area contributed by atoms with Crippen LogP contribution in [0.2, 0.25) is 0 Å². The van der Waals surface area contributed by atoms with Crippen molar-refractivity contribution in [2.45, 2.75) is 24.4 Å². The first kappa shape index (κ1) is 25.2. The van der Waals surface area contributed by atoms with Crippen molar-refractivity contribution in [1.29, 1.82) is 0 Å². The molecule has 2 amide bonds. The van der Waals surface area contributed by atoms with Crippen LogP contribution in [0.25, 0.3) is 10.8 Å². The van der Waals surface area contributed by atoms with Crippen LogP contribution in [0.3, 0.4) is 0 Å². The van der Waals surface area contributed by atoms with Crippen LogP contribution in [-0.2, 0) is 26.2 Å². The number of hydrogen-bond donors (Lipinski definition) is 1. The fraction of sp³-hybridized carbons (Fsp3) is 0.280. The summed E-state index contributed by atoms with van der Waals surface area (Å²) in [4.78, 5) is 27.1. The Balaban J connectivity index is 1.85. The number of amides is 2. The lowest BCUT2D eigenvalue weighted by atomic mass is 10.1. The number of hydrogen-bond acceptors (Lipinski definition) is 5. The number of nitrogens with one attached hydrogen (secondary N) is 1. The Hall–Kier alpha value is -3.43. The maximum atomic E-state index is 13.3. The van der Waals surface area contributed by atoms with Gasteiger partial charge in [0.25, 0.3) is 0 Å². The second-order valence-electron chi connectivity index (χ2n) is 7.93. The number of fused-ring (bicyclic) bond motifs is 1. The highest BCUT2D eigenvalue weighted by molar-refractivity contribution is 7.89. The molecule has 180 valence electrons. The minimum atomic E-state index is -3.93. The highest BCUT2D eigenvalue weighted by Gasteiger charge is 2.30. The van der Waals surface area contributed by atoms with Crippen molar-refractivity contribution in [3.8, 4) is 5.75 Å². The van der Waals surface area contributed by atoms with Crippen LogP contribution in [0.5, 0.6) is 5.75 Å². The zero-order valence-electron chi connectivity index (χ0n) is 19.7. The number of likely N-dealkylation sites (N-methyl/N-ethyl adjacent to an activating group) is 2. The molecule has 0 heterocycles. The van der Waals surface area contributed by atoms with Crippen molar-refractivity contribution in [1.82, 2.24) is 14.5 Å². The lowest BCUT2D eigenvalue weighted by molar-refractivity contribution is -0.140. The van der Waals surface area contributed by atoms with E-state index in [4.69, 9.17) is 4.74 Å². The third-order valence-corrected chi connectivity index (χ3v) is 7.49. The summed E-state index contributed by atoms with van der Waals surface area (Å²) in [6.07, 6.45) is 0. The second-order valence-corrected chi connectivity index (χ2v) is 9.98. The molecule has 34 heavy (non-hydrogen) atoms. The number of carbonyl (C=O) groups is 2. The molecule has 1 N–H and O–H groups in total. The number of methoxy groups -OCH3 is 1. The summed E-state index contributed by atoms with van der Waals surface area (Å²) in [6.45, 7) is 1.31. The Kier molecular flexibility index (Phi) is 7.90. The van der Waals surface area contributed by atoms with E-state index in [9.17, 15) is 18.0 Å². The molecule has 0 fully saturated rings. The molecule has 0 aromatic heterocycles. The van der Waals surface area contributed by atoms with Gasteiger partial charge in [0.05, 0.1) is 18.6 Å². The molecule has 1 atom stereocenters. The zero-order chi connectivity index (χ0) is 24.9. The normalized spacial score (nSPS) is 12.4. The number of nitrogens with zero attached hydrogens (tertiary/aromatic N) is 2. The maximum absolute atomic E-state index is 13.3. The summed E-state index contributed by atoms with van der Waals surface area (Å²) in [5.41, 5.74) is 0.753. The van der Waals surface area contributed by atoms with Gasteiger partial charge in [-0.3, -0.25) is 9.59 Å². The predicted octanol–water partition coefficient (Wildman–Crippen LogP) is 2.63. The molecule has 3 rings (SSSR count). The smallest absolute Gasteiger partial charge is 0.243 e. The minimum Gasteiger partial charge on any atom is -0.497 e. The molecule has 1 unspecified atom stereocenters. The van der Waals surface area contributed by atoms with Crippen LogP contribution in [0.1, 0.15) is 12.5 Å². The van der Waals surface area contributed by atoms with E-state index < -0.39 is 28.5 Å². The third-order valence-electron chi connectivity index (χ3n) is 5.69. The molecule has 3 aromatic carbocycles. The number of ether oxygens (including phenoxy) is 1. The molecule has 8 nitrogen and oxygen atoms in total. The van der Waals surface area contributed by atoms with Crippen molar-refractivity contribution < 1.29 is 22.7 Å². The quantitative estimate of drug-likeness (QED) is 0.505. The van der Waals surface area contributed by atoms with Gasteiger partial charge >= 0.3 is 0 Å². The molecule has 0 bridgehead atoms. The standard InChI is InChI=1S/C25H29N3O5S/c1-18(25(30)26-2)28(16-19-8-7-11-22(14-19)33-4)24(29)17-27(3)34(31,32)23-13-12-20-9-5-6-10-21(20)15-23/h5-15,18H,16-17H2,1-4H3,(H,26,30). The minimum absolute atomic E-state index is 0.0974. The average Bonchev–Trinajstić information content (AvgIpc) is 2.85. The number of rotatable bonds is 9. The van der Waals surface area contributed by atoms with E-state index in [1.54, 1.807) is 44.4 Å². The Bertz CT molecular complexity index is 1290. The van der Waals surface area contributed by atoms with E-state index in [0.717, 1.165) is 20.6 Å². The van der Waals surface area contributed by atoms with Crippen LogP contribution in [0.15, 0.2) is 71.6 Å². The third kappa shape index (κ3) is 5.55. The molecule has 0 radical (unpaired) electrons. The first-order valence-corrected chi connectivity index (χ1v) is 12.2. The van der Waals surface area contributed by atoms with Gasteiger partial charge in [0.15, 0.2) is 0 Å². The number of benzene rings is 3. The zero-order valence-corrected chi connectivity index (χ0v) is 20.5. The highest BCUT2D eigenvalue weighted by atomic mass is 32.2. The van der Waals surface area contributed by atoms with Crippen molar-refractivity contribution in [3.63, 3.8) is 0 Å². The van der Waals surface area contributed by atoms with Gasteiger partial charge in [-0.1, -0.05) is 42.5 Å². The average molecular weight is 484 g/mol. The van der Waals surface area contributed by atoms with Gasteiger partial charge in [-0.2, -0.15) is 4.31 Å². The lowest BCUT2D eigenvalue weighted by Crippen LogP contribution is -2.50. The van der Waals surface area contributed by atoms with Gasteiger partial charge in [0.2, 0.25) is 21.8 Å². The molecule has 0 aliphatic heterocycles. The monoisotopic (exact) mass is 483 g/mol. The summed E-state index contributed by atoms with van der Waals surface area (Å²) < 4.78 is 32.6. The second kappa shape index (κ2) is 10.7. The molecular weight excluding hydrogens is 454 g/mol. The first-order chi connectivity index (χ1) is 16.2. The topological polar surface area (TPSA) is 96.0 Å². The van der Waals surface area contributed by atoms with E-state index in [1.165, 1.54) is 25.1 Å². The van der Waals surface area contributed by atoms with Crippen molar-refractivity contribution in [2.75, 3.05) is 27.7 Å². The fourth-order valence-corrected chi connectivity index (χ4v) is 4.79. The van der Waals surface area contributed by atoms with Crippen molar-refractivity contribution in [2.24, 2.45) is 0 Å². The van der Waals surface area contributed by atoms with Gasteiger partial charge in [0, 0.05) is 20.6 Å². The van der Waals surface area contributed by atoms with Crippen molar-refractivity contribution in [3.05, 3.63) is 72.3 Å². The molecule has 0 spiro atoms. The summed E-state index contributed by atoms with van der Waals surface area (Å²) in [5, 5.41) is 4.25. The highest BCUT2D eigenvalue weighted by Crippen LogP contribution is 2.22. The molecule has 3 aromatic rings. The molecule has 0 saturated heterocycles. The Labute approximate surface area is 200 Å².